The number of aromatic nitrogens is 6. The van der Waals surface area contributed by atoms with E-state index in [2.05, 4.69) is 20.4 Å². The van der Waals surface area contributed by atoms with Gasteiger partial charge < -0.3 is 14.7 Å². The van der Waals surface area contributed by atoms with Gasteiger partial charge in [0.15, 0.2) is 12.3 Å². The zero-order chi connectivity index (χ0) is 25.4. The van der Waals surface area contributed by atoms with Crippen LogP contribution in [0.1, 0.15) is 30.0 Å². The second-order valence-electron chi connectivity index (χ2n) is 8.46. The molecular weight excluding hydrogens is 494 g/mol. The molecule has 0 amide bonds. The van der Waals surface area contributed by atoms with Crippen LogP contribution in [0.15, 0.2) is 36.8 Å². The molecular formula is C23H21ClF2N8O2. The lowest BCUT2D eigenvalue weighted by Gasteiger charge is -2.31. The lowest BCUT2D eigenvalue weighted by Crippen LogP contribution is -2.40. The van der Waals surface area contributed by atoms with Crippen molar-refractivity contribution in [2.45, 2.75) is 31.7 Å². The third kappa shape index (κ3) is 4.31. The smallest absolute Gasteiger partial charge is 0.179 e. The van der Waals surface area contributed by atoms with Gasteiger partial charge in [-0.3, -0.25) is 4.98 Å². The lowest BCUT2D eigenvalue weighted by molar-refractivity contribution is 0.114. The minimum Gasteiger partial charge on any atom is -0.479 e. The Morgan fingerprint density at radius 2 is 2.19 bits per heavy atom. The Balaban J connectivity index is 1.52. The first-order valence-corrected chi connectivity index (χ1v) is 11.5. The van der Waals surface area contributed by atoms with Crippen LogP contribution in [0.5, 0.6) is 5.75 Å². The Hall–Kier alpha value is -3.82. The number of likely N-dealkylation sites (tertiary alicyclic amines) is 1. The van der Waals surface area contributed by atoms with Crippen molar-refractivity contribution >= 4 is 17.1 Å². The minimum atomic E-state index is -1.27. The summed E-state index contributed by atoms with van der Waals surface area (Å²) in [5, 5.41) is 32.1. The van der Waals surface area contributed by atoms with E-state index in [-0.39, 0.29) is 6.54 Å². The Bertz CT molecular complexity index is 1430. The molecule has 186 valence electrons. The maximum Gasteiger partial charge on any atom is 0.179 e. The van der Waals surface area contributed by atoms with E-state index in [1.54, 1.807) is 23.9 Å². The highest BCUT2D eigenvalue weighted by Crippen LogP contribution is 2.36. The number of hydrogen-bond donors (Lipinski definition) is 1. The fraction of sp³-hybridized carbons (Fsp3) is 0.348. The third-order valence-corrected chi connectivity index (χ3v) is 6.49. The van der Waals surface area contributed by atoms with Gasteiger partial charge in [-0.1, -0.05) is 16.8 Å². The second-order valence-corrected chi connectivity index (χ2v) is 8.86. The fourth-order valence-electron chi connectivity index (χ4n) is 4.37. The summed E-state index contributed by atoms with van der Waals surface area (Å²) in [5.74, 6) is -0.217. The first kappa shape index (κ1) is 23.9. The van der Waals surface area contributed by atoms with Crippen molar-refractivity contribution in [3.8, 4) is 23.2 Å². The topological polar surface area (TPSA) is 117 Å². The lowest BCUT2D eigenvalue weighted by atomic mass is 10.0. The van der Waals surface area contributed by atoms with Crippen molar-refractivity contribution in [2.75, 3.05) is 19.7 Å². The molecule has 1 fully saturated rings. The van der Waals surface area contributed by atoms with E-state index in [4.69, 9.17) is 21.6 Å². The number of rotatable bonds is 6. The number of aliphatic hydroxyl groups excluding tert-OH is 1. The molecule has 13 heteroatoms. The monoisotopic (exact) mass is 514 g/mol. The van der Waals surface area contributed by atoms with Crippen LogP contribution in [0.2, 0.25) is 5.02 Å². The maximum atomic E-state index is 14.8. The van der Waals surface area contributed by atoms with E-state index >= 15 is 0 Å². The standard InChI is InChI=1S/C23H21ClF2N8O2/c1-13-22(30-31-34(13)19-4-5-32(12-27)10-17(19)26)14-6-20(23-16(24)8-29-33(23)9-14)36-21(11-35)18-3-2-15(25)7-28-18/h2-3,6-9,17,19,21,35H,4-5,10-11H2,1H3/t17-,19+,21?/m0/s1. The fourth-order valence-corrected chi connectivity index (χ4v) is 4.59. The third-order valence-electron chi connectivity index (χ3n) is 6.21. The van der Waals surface area contributed by atoms with Gasteiger partial charge in [0.2, 0.25) is 0 Å². The summed E-state index contributed by atoms with van der Waals surface area (Å²) in [6, 6.07) is 3.79. The van der Waals surface area contributed by atoms with E-state index in [0.717, 1.165) is 6.20 Å². The number of aliphatic hydroxyl groups is 1. The largest absolute Gasteiger partial charge is 0.479 e. The number of nitriles is 1. The molecule has 10 nitrogen and oxygen atoms in total. The van der Waals surface area contributed by atoms with Crippen molar-refractivity contribution in [3.05, 3.63) is 59.0 Å². The van der Waals surface area contributed by atoms with Crippen LogP contribution in [0, 0.1) is 24.2 Å². The number of hydrogen-bond acceptors (Lipinski definition) is 8. The molecule has 0 aliphatic carbocycles. The summed E-state index contributed by atoms with van der Waals surface area (Å²) >= 11 is 6.35. The highest BCUT2D eigenvalue weighted by Gasteiger charge is 2.33. The SMILES string of the molecule is Cc1c(-c2cc(OC(CO)c3ccc(F)cn3)c3c(Cl)cnn3c2)nnn1[C@@H]1CCN(C#N)C[C@@H]1F. The van der Waals surface area contributed by atoms with Crippen molar-refractivity contribution in [1.29, 1.82) is 5.26 Å². The van der Waals surface area contributed by atoms with Gasteiger partial charge in [-0.2, -0.15) is 10.4 Å². The Kier molecular flexibility index (Phi) is 6.42. The Labute approximate surface area is 209 Å². The predicted molar refractivity (Wildman–Crippen MR) is 124 cm³/mol. The number of alkyl halides is 1. The molecule has 4 aromatic rings. The summed E-state index contributed by atoms with van der Waals surface area (Å²) in [6.45, 7) is 1.81. The Morgan fingerprint density at radius 3 is 2.89 bits per heavy atom. The first-order chi connectivity index (χ1) is 17.4. The van der Waals surface area contributed by atoms with Gasteiger partial charge in [0.05, 0.1) is 48.0 Å². The minimum absolute atomic E-state index is 0.00546. The molecule has 4 aromatic heterocycles. The molecule has 0 saturated carbocycles. The Morgan fingerprint density at radius 1 is 1.36 bits per heavy atom. The van der Waals surface area contributed by atoms with E-state index in [9.17, 15) is 13.9 Å². The van der Waals surface area contributed by atoms with E-state index in [0.29, 0.717) is 51.9 Å². The molecule has 1 saturated heterocycles. The highest BCUT2D eigenvalue weighted by molar-refractivity contribution is 6.34. The molecule has 0 spiro atoms. The number of halogens is 3. The van der Waals surface area contributed by atoms with Gasteiger partial charge in [-0.25, -0.2) is 18.0 Å². The number of nitrogens with zero attached hydrogens (tertiary/aromatic N) is 8. The van der Waals surface area contributed by atoms with Crippen LogP contribution in [0.3, 0.4) is 0 Å². The molecule has 36 heavy (non-hydrogen) atoms. The van der Waals surface area contributed by atoms with Gasteiger partial charge in [-0.15, -0.1) is 5.10 Å². The average molecular weight is 515 g/mol. The number of pyridine rings is 2. The maximum absolute atomic E-state index is 14.8. The number of fused-ring (bicyclic) bond motifs is 1. The molecule has 0 aromatic carbocycles. The quantitative estimate of drug-likeness (QED) is 0.390. The van der Waals surface area contributed by atoms with Crippen LogP contribution >= 0.6 is 11.6 Å². The molecule has 3 atom stereocenters. The van der Waals surface area contributed by atoms with Gasteiger partial charge in [0.25, 0.3) is 0 Å². The molecule has 0 bridgehead atoms. The summed E-state index contributed by atoms with van der Waals surface area (Å²) in [6.07, 6.45) is 4.43. The van der Waals surface area contributed by atoms with E-state index in [1.165, 1.54) is 27.7 Å². The molecule has 0 radical (unpaired) electrons. The van der Waals surface area contributed by atoms with Crippen molar-refractivity contribution in [3.63, 3.8) is 0 Å². The predicted octanol–water partition coefficient (Wildman–Crippen LogP) is 3.27. The highest BCUT2D eigenvalue weighted by atomic mass is 35.5. The van der Waals surface area contributed by atoms with Gasteiger partial charge >= 0.3 is 0 Å². The summed E-state index contributed by atoms with van der Waals surface area (Å²) in [7, 11) is 0. The normalized spacial score (nSPS) is 18.8. The zero-order valence-electron chi connectivity index (χ0n) is 19.1. The summed E-state index contributed by atoms with van der Waals surface area (Å²) in [4.78, 5) is 5.39. The number of piperidine rings is 1. The molecule has 1 aliphatic rings. The van der Waals surface area contributed by atoms with Gasteiger partial charge in [0, 0.05) is 18.3 Å². The molecule has 1 aliphatic heterocycles. The average Bonchev–Trinajstić information content (AvgIpc) is 3.45. The summed E-state index contributed by atoms with van der Waals surface area (Å²) < 4.78 is 37.3. The first-order valence-electron chi connectivity index (χ1n) is 11.2. The summed E-state index contributed by atoms with van der Waals surface area (Å²) in [5.41, 5.74) is 2.49. The van der Waals surface area contributed by atoms with Crippen LogP contribution in [-0.2, 0) is 0 Å². The van der Waals surface area contributed by atoms with Gasteiger partial charge in [0.1, 0.15) is 28.9 Å². The van der Waals surface area contributed by atoms with E-state index in [1.807, 2.05) is 6.19 Å². The molecule has 5 rings (SSSR count). The number of ether oxygens (including phenoxy) is 1. The van der Waals surface area contributed by atoms with Crippen molar-refractivity contribution < 1.29 is 18.6 Å². The second kappa shape index (κ2) is 9.67. The van der Waals surface area contributed by atoms with Crippen LogP contribution in [0.4, 0.5) is 8.78 Å². The molecule has 5 heterocycles. The van der Waals surface area contributed by atoms with Crippen LogP contribution in [-0.4, -0.2) is 65.5 Å². The van der Waals surface area contributed by atoms with Crippen molar-refractivity contribution in [1.82, 2.24) is 34.5 Å². The zero-order valence-corrected chi connectivity index (χ0v) is 19.8. The molecule has 1 unspecified atom stereocenters. The van der Waals surface area contributed by atoms with Gasteiger partial charge in [-0.05, 0) is 31.5 Å². The van der Waals surface area contributed by atoms with Crippen LogP contribution < -0.4 is 4.74 Å². The van der Waals surface area contributed by atoms with Crippen LogP contribution in [0.25, 0.3) is 16.8 Å². The van der Waals surface area contributed by atoms with E-state index < -0.39 is 30.7 Å². The molecule has 1 N–H and O–H groups in total. The van der Waals surface area contributed by atoms with Crippen molar-refractivity contribution in [2.24, 2.45) is 0 Å².